The molecular formula is C68H44N2O. The molecule has 0 aliphatic carbocycles. The van der Waals surface area contributed by atoms with Crippen molar-refractivity contribution >= 4 is 82.4 Å². The lowest BCUT2D eigenvalue weighted by atomic mass is 9.99. The molecular weight excluding hydrogens is 861 g/mol. The van der Waals surface area contributed by atoms with E-state index in [2.05, 4.69) is 276 Å². The Morgan fingerprint density at radius 2 is 0.803 bits per heavy atom. The highest BCUT2D eigenvalue weighted by molar-refractivity contribution is 6.19. The monoisotopic (exact) mass is 904 g/mol. The van der Waals surface area contributed by atoms with E-state index in [4.69, 9.17) is 4.42 Å². The molecule has 3 heteroatoms. The summed E-state index contributed by atoms with van der Waals surface area (Å²) in [5.74, 6) is 0. The van der Waals surface area contributed by atoms with Crippen LogP contribution in [0, 0.1) is 0 Å². The van der Waals surface area contributed by atoms with Gasteiger partial charge in [-0.25, -0.2) is 0 Å². The van der Waals surface area contributed by atoms with Gasteiger partial charge in [0.15, 0.2) is 0 Å². The fourth-order valence-corrected chi connectivity index (χ4v) is 10.9. The lowest BCUT2D eigenvalue weighted by molar-refractivity contribution is 0.671. The second kappa shape index (κ2) is 16.7. The van der Waals surface area contributed by atoms with E-state index in [9.17, 15) is 0 Å². The van der Waals surface area contributed by atoms with Crippen molar-refractivity contribution in [1.82, 2.24) is 4.57 Å². The minimum absolute atomic E-state index is 0.884. The number of hydrogen-bond acceptors (Lipinski definition) is 2. The number of benzene rings is 12. The summed E-state index contributed by atoms with van der Waals surface area (Å²) in [6.07, 6.45) is 0. The number of hydrogen-bond donors (Lipinski definition) is 0. The Morgan fingerprint density at radius 1 is 0.282 bits per heavy atom. The van der Waals surface area contributed by atoms with Crippen molar-refractivity contribution in [2.75, 3.05) is 4.90 Å². The third-order valence-electron chi connectivity index (χ3n) is 14.4. The first-order valence-corrected chi connectivity index (χ1v) is 24.3. The SMILES string of the molecule is c1ccc(-c2cccc3c2oc2c(-c4cccc(N(c5ccc(-c6ccc7ccccc7c6)cc5)c5ccc(-c6ccc7c8ccc9ccccc9c8n(-c8ccccc8)c7c6)cc5)c4)cccc23)cc1. The first kappa shape index (κ1) is 40.6. The number of para-hydroxylation sites is 3. The van der Waals surface area contributed by atoms with Crippen LogP contribution in [0.5, 0.6) is 0 Å². The molecule has 332 valence electrons. The maximum Gasteiger partial charge on any atom is 0.143 e. The molecule has 2 heterocycles. The molecule has 0 N–H and O–H groups in total. The van der Waals surface area contributed by atoms with E-state index in [0.29, 0.717) is 0 Å². The van der Waals surface area contributed by atoms with Gasteiger partial charge in [0.25, 0.3) is 0 Å². The van der Waals surface area contributed by atoms with Crippen LogP contribution < -0.4 is 4.90 Å². The third kappa shape index (κ3) is 6.89. The second-order valence-corrected chi connectivity index (χ2v) is 18.5. The highest BCUT2D eigenvalue weighted by atomic mass is 16.3. The average Bonchev–Trinajstić information content (AvgIpc) is 4.00. The molecule has 2 aromatic heterocycles. The predicted octanol–water partition coefficient (Wildman–Crippen LogP) is 19.1. The van der Waals surface area contributed by atoms with Crippen molar-refractivity contribution in [3.63, 3.8) is 0 Å². The Labute approximate surface area is 411 Å². The van der Waals surface area contributed by atoms with E-state index >= 15 is 0 Å². The Balaban J connectivity index is 0.889. The number of aromatic nitrogens is 1. The number of anilines is 3. The Hall–Kier alpha value is -9.44. The normalized spacial score (nSPS) is 11.7. The maximum atomic E-state index is 6.91. The summed E-state index contributed by atoms with van der Waals surface area (Å²) >= 11 is 0. The van der Waals surface area contributed by atoms with Crippen molar-refractivity contribution in [3.05, 3.63) is 267 Å². The van der Waals surface area contributed by atoms with Gasteiger partial charge in [0.1, 0.15) is 11.2 Å². The molecule has 3 nitrogen and oxygen atoms in total. The summed E-state index contributed by atoms with van der Waals surface area (Å²) in [5.41, 5.74) is 17.6. The molecule has 0 saturated carbocycles. The molecule has 0 radical (unpaired) electrons. The van der Waals surface area contributed by atoms with Crippen LogP contribution >= 0.6 is 0 Å². The molecule has 0 bridgehead atoms. The third-order valence-corrected chi connectivity index (χ3v) is 14.4. The number of furan rings is 1. The fourth-order valence-electron chi connectivity index (χ4n) is 10.9. The second-order valence-electron chi connectivity index (χ2n) is 18.5. The minimum Gasteiger partial charge on any atom is -0.455 e. The fraction of sp³-hybridized carbons (Fsp3) is 0. The highest BCUT2D eigenvalue weighted by Gasteiger charge is 2.20. The minimum atomic E-state index is 0.884. The molecule has 0 amide bonds. The predicted molar refractivity (Wildman–Crippen MR) is 299 cm³/mol. The number of fused-ring (bicyclic) bond motifs is 9. The molecule has 0 spiro atoms. The Morgan fingerprint density at radius 3 is 1.52 bits per heavy atom. The molecule has 0 fully saturated rings. The van der Waals surface area contributed by atoms with Gasteiger partial charge >= 0.3 is 0 Å². The van der Waals surface area contributed by atoms with Crippen LogP contribution in [0.4, 0.5) is 17.1 Å². The van der Waals surface area contributed by atoms with E-state index in [0.717, 1.165) is 78.1 Å². The molecule has 14 rings (SSSR count). The van der Waals surface area contributed by atoms with Crippen LogP contribution in [0.2, 0.25) is 0 Å². The number of nitrogens with zero attached hydrogens (tertiary/aromatic N) is 2. The molecule has 0 atom stereocenters. The zero-order chi connectivity index (χ0) is 46.8. The van der Waals surface area contributed by atoms with Crippen molar-refractivity contribution < 1.29 is 4.42 Å². The molecule has 0 aliphatic rings. The van der Waals surface area contributed by atoms with Gasteiger partial charge in [-0.3, -0.25) is 0 Å². The van der Waals surface area contributed by atoms with Crippen LogP contribution in [0.15, 0.2) is 271 Å². The molecule has 0 unspecified atom stereocenters. The van der Waals surface area contributed by atoms with Gasteiger partial charge in [-0.15, -0.1) is 0 Å². The van der Waals surface area contributed by atoms with E-state index in [1.807, 2.05) is 0 Å². The quantitative estimate of drug-likeness (QED) is 0.151. The highest BCUT2D eigenvalue weighted by Crippen LogP contribution is 2.44. The van der Waals surface area contributed by atoms with Crippen LogP contribution in [-0.4, -0.2) is 4.57 Å². The average molecular weight is 905 g/mol. The molecule has 14 aromatic rings. The molecule has 71 heavy (non-hydrogen) atoms. The lowest BCUT2D eigenvalue weighted by Crippen LogP contribution is -2.10. The zero-order valence-electron chi connectivity index (χ0n) is 38.7. The summed E-state index contributed by atoms with van der Waals surface area (Å²) in [6.45, 7) is 0. The van der Waals surface area contributed by atoms with Crippen LogP contribution in [0.1, 0.15) is 0 Å². The first-order valence-electron chi connectivity index (χ1n) is 24.3. The van der Waals surface area contributed by atoms with Crippen LogP contribution in [0.3, 0.4) is 0 Å². The van der Waals surface area contributed by atoms with E-state index in [1.165, 1.54) is 54.5 Å². The van der Waals surface area contributed by atoms with E-state index in [1.54, 1.807) is 0 Å². The largest absolute Gasteiger partial charge is 0.455 e. The zero-order valence-corrected chi connectivity index (χ0v) is 38.7. The van der Waals surface area contributed by atoms with Gasteiger partial charge < -0.3 is 13.9 Å². The van der Waals surface area contributed by atoms with Gasteiger partial charge in [-0.05, 0) is 110 Å². The summed E-state index contributed by atoms with van der Waals surface area (Å²) < 4.78 is 9.35. The smallest absolute Gasteiger partial charge is 0.143 e. The van der Waals surface area contributed by atoms with Crippen LogP contribution in [0.25, 0.3) is 115 Å². The first-order chi connectivity index (χ1) is 35.2. The standard InChI is InChI=1S/C68H44N2O/c1-3-15-48(16-4-1)59-24-12-26-63-64-27-13-25-60(68(64)71-67(59)63)53-19-11-22-57(43-53)69(55-36-30-46(31-37-55)51-29-28-45-14-7-8-18-50(45)42-51)56-38-32-47(33-39-56)52-35-40-61-62-41-34-49-17-9-10-23-58(49)66(62)70(65(61)44-52)54-20-5-2-6-21-54/h1-44H. The van der Waals surface area contributed by atoms with E-state index in [-0.39, 0.29) is 0 Å². The van der Waals surface area contributed by atoms with Gasteiger partial charge in [-0.1, -0.05) is 206 Å². The summed E-state index contributed by atoms with van der Waals surface area (Å²) in [7, 11) is 0. The van der Waals surface area contributed by atoms with Gasteiger partial charge in [0.2, 0.25) is 0 Å². The molecule has 0 saturated heterocycles. The van der Waals surface area contributed by atoms with Crippen molar-refractivity contribution in [2.45, 2.75) is 0 Å². The van der Waals surface area contributed by atoms with Crippen LogP contribution in [-0.2, 0) is 0 Å². The van der Waals surface area contributed by atoms with Crippen molar-refractivity contribution in [2.24, 2.45) is 0 Å². The number of rotatable bonds is 8. The van der Waals surface area contributed by atoms with E-state index < -0.39 is 0 Å². The lowest BCUT2D eigenvalue weighted by Gasteiger charge is -2.26. The van der Waals surface area contributed by atoms with Gasteiger partial charge in [-0.2, -0.15) is 0 Å². The van der Waals surface area contributed by atoms with Crippen molar-refractivity contribution in [1.29, 1.82) is 0 Å². The van der Waals surface area contributed by atoms with Gasteiger partial charge in [0, 0.05) is 60.8 Å². The Kier molecular flexibility index (Phi) is 9.53. The topological polar surface area (TPSA) is 21.3 Å². The summed E-state index contributed by atoms with van der Waals surface area (Å²) in [4.78, 5) is 2.37. The summed E-state index contributed by atoms with van der Waals surface area (Å²) in [5, 5.41) is 9.66. The maximum absolute atomic E-state index is 6.91. The summed E-state index contributed by atoms with van der Waals surface area (Å²) in [6, 6.07) is 96.6. The molecule has 12 aromatic carbocycles. The van der Waals surface area contributed by atoms with Gasteiger partial charge in [0.05, 0.1) is 11.0 Å². The van der Waals surface area contributed by atoms with Crippen molar-refractivity contribution in [3.8, 4) is 50.2 Å². The Bertz CT molecular complexity index is 4320. The molecule has 0 aliphatic heterocycles.